The lowest BCUT2D eigenvalue weighted by Crippen LogP contribution is -2.34. The minimum atomic E-state index is -0.572. The quantitative estimate of drug-likeness (QED) is 0.842. The zero-order valence-corrected chi connectivity index (χ0v) is 9.54. The summed E-state index contributed by atoms with van der Waals surface area (Å²) >= 11 is 0. The molecule has 0 aliphatic carbocycles. The highest BCUT2D eigenvalue weighted by atomic mass is 19.1. The third-order valence-corrected chi connectivity index (χ3v) is 2.70. The number of hydrogen-bond donors (Lipinski definition) is 1. The van der Waals surface area contributed by atoms with E-state index in [0.29, 0.717) is 0 Å². The SMILES string of the molecule is CCC(C)C(N)COc1cc(F)ccc1F. The minimum absolute atomic E-state index is 0.0845. The molecule has 0 bridgehead atoms. The predicted octanol–water partition coefficient (Wildman–Crippen LogP) is 2.72. The molecule has 0 heterocycles. The highest BCUT2D eigenvalue weighted by Gasteiger charge is 2.13. The standard InChI is InChI=1S/C12H17F2NO/c1-3-8(2)11(15)7-16-12-6-9(13)4-5-10(12)14/h4-6,8,11H,3,7,15H2,1-2H3. The summed E-state index contributed by atoms with van der Waals surface area (Å²) in [6, 6.07) is 2.95. The Labute approximate surface area is 94.4 Å². The van der Waals surface area contributed by atoms with E-state index in [1.807, 2.05) is 13.8 Å². The fourth-order valence-corrected chi connectivity index (χ4v) is 1.24. The van der Waals surface area contributed by atoms with Gasteiger partial charge in [-0.25, -0.2) is 8.78 Å². The van der Waals surface area contributed by atoms with Crippen molar-refractivity contribution in [3.63, 3.8) is 0 Å². The highest BCUT2D eigenvalue weighted by Crippen LogP contribution is 2.18. The lowest BCUT2D eigenvalue weighted by Gasteiger charge is -2.18. The molecule has 16 heavy (non-hydrogen) atoms. The largest absolute Gasteiger partial charge is 0.489 e. The molecule has 2 nitrogen and oxygen atoms in total. The van der Waals surface area contributed by atoms with E-state index in [1.54, 1.807) is 0 Å². The molecule has 0 radical (unpaired) electrons. The van der Waals surface area contributed by atoms with Crippen molar-refractivity contribution in [3.05, 3.63) is 29.8 Å². The fourth-order valence-electron chi connectivity index (χ4n) is 1.24. The summed E-state index contributed by atoms with van der Waals surface area (Å²) < 4.78 is 31.2. The molecule has 1 aromatic carbocycles. The lowest BCUT2D eigenvalue weighted by atomic mass is 10.0. The molecule has 0 spiro atoms. The summed E-state index contributed by atoms with van der Waals surface area (Å²) in [4.78, 5) is 0. The monoisotopic (exact) mass is 229 g/mol. The molecule has 0 saturated carbocycles. The van der Waals surface area contributed by atoms with Crippen molar-refractivity contribution in [1.82, 2.24) is 0 Å². The van der Waals surface area contributed by atoms with Gasteiger partial charge in [-0.15, -0.1) is 0 Å². The summed E-state index contributed by atoms with van der Waals surface area (Å²) in [6.07, 6.45) is 0.927. The van der Waals surface area contributed by atoms with Crippen LogP contribution < -0.4 is 10.5 Å². The first-order chi connectivity index (χ1) is 7.54. The topological polar surface area (TPSA) is 35.2 Å². The van der Waals surface area contributed by atoms with E-state index in [2.05, 4.69) is 0 Å². The van der Waals surface area contributed by atoms with Crippen molar-refractivity contribution in [2.75, 3.05) is 6.61 Å². The number of benzene rings is 1. The highest BCUT2D eigenvalue weighted by molar-refractivity contribution is 5.24. The maximum absolute atomic E-state index is 13.2. The van der Waals surface area contributed by atoms with E-state index in [-0.39, 0.29) is 24.3 Å². The zero-order valence-electron chi connectivity index (χ0n) is 9.54. The van der Waals surface area contributed by atoms with Gasteiger partial charge in [0.1, 0.15) is 12.4 Å². The number of hydrogen-bond acceptors (Lipinski definition) is 2. The van der Waals surface area contributed by atoms with Crippen LogP contribution in [0.5, 0.6) is 5.75 Å². The van der Waals surface area contributed by atoms with E-state index in [9.17, 15) is 8.78 Å². The Hall–Kier alpha value is -1.16. The van der Waals surface area contributed by atoms with Gasteiger partial charge in [0.15, 0.2) is 11.6 Å². The Kier molecular flexibility index (Phi) is 4.68. The maximum atomic E-state index is 13.2. The second-order valence-corrected chi connectivity index (χ2v) is 3.94. The van der Waals surface area contributed by atoms with Crippen LogP contribution in [0, 0.1) is 17.6 Å². The van der Waals surface area contributed by atoms with Gasteiger partial charge < -0.3 is 10.5 Å². The molecule has 1 aromatic rings. The molecule has 0 fully saturated rings. The van der Waals surface area contributed by atoms with Crippen LogP contribution in [0.15, 0.2) is 18.2 Å². The van der Waals surface area contributed by atoms with E-state index in [4.69, 9.17) is 10.5 Å². The Morgan fingerprint density at radius 1 is 1.38 bits per heavy atom. The third kappa shape index (κ3) is 3.45. The van der Waals surface area contributed by atoms with Crippen molar-refractivity contribution in [2.24, 2.45) is 11.7 Å². The maximum Gasteiger partial charge on any atom is 0.165 e. The van der Waals surface area contributed by atoms with Crippen molar-refractivity contribution in [1.29, 1.82) is 0 Å². The molecular weight excluding hydrogens is 212 g/mol. The van der Waals surface area contributed by atoms with Crippen LogP contribution >= 0.6 is 0 Å². The average Bonchev–Trinajstić information content (AvgIpc) is 2.28. The predicted molar refractivity (Wildman–Crippen MR) is 59.3 cm³/mol. The van der Waals surface area contributed by atoms with Crippen LogP contribution in [0.1, 0.15) is 20.3 Å². The van der Waals surface area contributed by atoms with Crippen molar-refractivity contribution in [2.45, 2.75) is 26.3 Å². The molecule has 2 unspecified atom stereocenters. The van der Waals surface area contributed by atoms with Crippen LogP contribution in [0.4, 0.5) is 8.78 Å². The molecule has 0 saturated heterocycles. The first-order valence-electron chi connectivity index (χ1n) is 5.38. The van der Waals surface area contributed by atoms with Crippen LogP contribution in [-0.2, 0) is 0 Å². The van der Waals surface area contributed by atoms with Crippen molar-refractivity contribution < 1.29 is 13.5 Å². The van der Waals surface area contributed by atoms with Crippen molar-refractivity contribution in [3.8, 4) is 5.75 Å². The molecule has 2 atom stereocenters. The summed E-state index contributed by atoms with van der Waals surface area (Å²) in [6.45, 7) is 4.21. The third-order valence-electron chi connectivity index (χ3n) is 2.70. The van der Waals surface area contributed by atoms with Crippen LogP contribution in [0.25, 0.3) is 0 Å². The van der Waals surface area contributed by atoms with Gasteiger partial charge in [-0.3, -0.25) is 0 Å². The van der Waals surface area contributed by atoms with Crippen LogP contribution in [0.3, 0.4) is 0 Å². The Morgan fingerprint density at radius 3 is 2.69 bits per heavy atom. The Morgan fingerprint density at radius 2 is 2.06 bits per heavy atom. The summed E-state index contributed by atoms with van der Waals surface area (Å²) in [5.41, 5.74) is 5.82. The van der Waals surface area contributed by atoms with E-state index in [1.165, 1.54) is 0 Å². The van der Waals surface area contributed by atoms with Gasteiger partial charge in [0.2, 0.25) is 0 Å². The molecule has 1 rings (SSSR count). The number of halogens is 2. The lowest BCUT2D eigenvalue weighted by molar-refractivity contribution is 0.240. The normalized spacial score (nSPS) is 14.6. The second-order valence-electron chi connectivity index (χ2n) is 3.94. The van der Waals surface area contributed by atoms with Crippen molar-refractivity contribution >= 4 is 0 Å². The molecule has 4 heteroatoms. The smallest absolute Gasteiger partial charge is 0.165 e. The second kappa shape index (κ2) is 5.80. The van der Waals surface area contributed by atoms with Gasteiger partial charge >= 0.3 is 0 Å². The van der Waals surface area contributed by atoms with E-state index in [0.717, 1.165) is 24.6 Å². The van der Waals surface area contributed by atoms with E-state index < -0.39 is 11.6 Å². The van der Waals surface area contributed by atoms with Gasteiger partial charge in [0.25, 0.3) is 0 Å². The van der Waals surface area contributed by atoms with Gasteiger partial charge in [0, 0.05) is 12.1 Å². The van der Waals surface area contributed by atoms with Gasteiger partial charge in [-0.05, 0) is 18.1 Å². The molecule has 2 N–H and O–H groups in total. The number of ether oxygens (including phenoxy) is 1. The van der Waals surface area contributed by atoms with Gasteiger partial charge in [-0.2, -0.15) is 0 Å². The summed E-state index contributed by atoms with van der Waals surface area (Å²) in [5.74, 6) is -0.887. The molecular formula is C12H17F2NO. The molecule has 0 aliphatic heterocycles. The molecule has 0 aliphatic rings. The summed E-state index contributed by atoms with van der Waals surface area (Å²) in [7, 11) is 0. The Balaban J connectivity index is 2.57. The first-order valence-corrected chi connectivity index (χ1v) is 5.38. The van der Waals surface area contributed by atoms with Gasteiger partial charge in [-0.1, -0.05) is 20.3 Å². The minimum Gasteiger partial charge on any atom is -0.489 e. The van der Waals surface area contributed by atoms with Crippen LogP contribution in [0.2, 0.25) is 0 Å². The molecule has 0 amide bonds. The fraction of sp³-hybridized carbons (Fsp3) is 0.500. The zero-order chi connectivity index (χ0) is 12.1. The number of rotatable bonds is 5. The molecule has 0 aromatic heterocycles. The Bertz CT molecular complexity index is 344. The first kappa shape index (κ1) is 12.9. The van der Waals surface area contributed by atoms with Gasteiger partial charge in [0.05, 0.1) is 0 Å². The number of nitrogens with two attached hydrogens (primary N) is 1. The molecule has 90 valence electrons. The summed E-state index contributed by atoms with van der Waals surface area (Å²) in [5, 5.41) is 0. The van der Waals surface area contributed by atoms with Crippen LogP contribution in [-0.4, -0.2) is 12.6 Å². The average molecular weight is 229 g/mol. The van der Waals surface area contributed by atoms with E-state index >= 15 is 0 Å².